The molecule has 0 saturated carbocycles. The van der Waals surface area contributed by atoms with E-state index in [4.69, 9.17) is 0 Å². The summed E-state index contributed by atoms with van der Waals surface area (Å²) in [6, 6.07) is 5.57. The van der Waals surface area contributed by atoms with Crippen molar-refractivity contribution in [1.29, 1.82) is 0 Å². The third-order valence-corrected chi connectivity index (χ3v) is 5.89. The fourth-order valence-electron chi connectivity index (χ4n) is 2.80. The van der Waals surface area contributed by atoms with E-state index < -0.39 is 34.2 Å². The Labute approximate surface area is 160 Å². The lowest BCUT2D eigenvalue weighted by molar-refractivity contribution is -0.0522. The van der Waals surface area contributed by atoms with E-state index in [1.54, 1.807) is 24.5 Å². The van der Waals surface area contributed by atoms with Gasteiger partial charge in [-0.2, -0.15) is 13.1 Å². The van der Waals surface area contributed by atoms with E-state index in [0.717, 1.165) is 12.1 Å². The maximum absolute atomic E-state index is 14.0. The molecule has 1 aromatic heterocycles. The molecule has 0 amide bonds. The molecule has 1 saturated heterocycles. The molecule has 3 rings (SSSR count). The highest BCUT2D eigenvalue weighted by molar-refractivity contribution is 7.89. The van der Waals surface area contributed by atoms with Crippen LogP contribution in [0.25, 0.3) is 0 Å². The standard InChI is InChI=1S/C16H16F3N3O3S.ClH/c17-13-8-12(3-4-15(13)25-16(18)19)26(23,24)22-7-6-21-10-14(22)11-2-1-5-20-9-11;/h1-5,8-9,14,16,21H,6-7,10H2;1H. The van der Waals surface area contributed by atoms with Crippen molar-refractivity contribution in [3.8, 4) is 5.75 Å². The fraction of sp³-hybridized carbons (Fsp3) is 0.312. The summed E-state index contributed by atoms with van der Waals surface area (Å²) in [4.78, 5) is 3.68. The van der Waals surface area contributed by atoms with E-state index >= 15 is 0 Å². The SMILES string of the molecule is Cl.O=S(=O)(c1ccc(OC(F)F)c(F)c1)N1CCNCC1c1cccnc1. The van der Waals surface area contributed by atoms with Gasteiger partial charge in [-0.1, -0.05) is 6.07 Å². The second-order valence-electron chi connectivity index (χ2n) is 5.59. The molecule has 1 aromatic carbocycles. The first kappa shape index (κ1) is 21.4. The van der Waals surface area contributed by atoms with Crippen LogP contribution in [0.15, 0.2) is 47.6 Å². The topological polar surface area (TPSA) is 71.5 Å². The fourth-order valence-corrected chi connectivity index (χ4v) is 4.43. The van der Waals surface area contributed by atoms with Gasteiger partial charge in [0.2, 0.25) is 10.0 Å². The Kier molecular flexibility index (Phi) is 7.04. The Morgan fingerprint density at radius 2 is 2.07 bits per heavy atom. The molecular formula is C16H17ClF3N3O3S. The van der Waals surface area contributed by atoms with Gasteiger partial charge in [-0.25, -0.2) is 12.8 Å². The van der Waals surface area contributed by atoms with Crippen LogP contribution in [0, 0.1) is 5.82 Å². The van der Waals surface area contributed by atoms with Crippen LogP contribution in [0.2, 0.25) is 0 Å². The second-order valence-corrected chi connectivity index (χ2v) is 7.48. The first-order valence-electron chi connectivity index (χ1n) is 7.76. The van der Waals surface area contributed by atoms with Crippen molar-refractivity contribution in [2.45, 2.75) is 17.5 Å². The second kappa shape index (κ2) is 8.87. The quantitative estimate of drug-likeness (QED) is 0.800. The molecule has 0 bridgehead atoms. The zero-order valence-corrected chi connectivity index (χ0v) is 15.5. The summed E-state index contributed by atoms with van der Waals surface area (Å²) in [6.07, 6.45) is 3.15. The normalized spacial score (nSPS) is 18.1. The molecule has 1 fully saturated rings. The molecule has 27 heavy (non-hydrogen) atoms. The molecule has 0 aliphatic carbocycles. The Morgan fingerprint density at radius 3 is 2.70 bits per heavy atom. The highest BCUT2D eigenvalue weighted by atomic mass is 35.5. The maximum atomic E-state index is 14.0. The minimum atomic E-state index is -4.04. The van der Waals surface area contributed by atoms with Crippen molar-refractivity contribution in [3.05, 3.63) is 54.1 Å². The number of pyridine rings is 1. The smallest absolute Gasteiger partial charge is 0.387 e. The zero-order chi connectivity index (χ0) is 18.7. The average Bonchev–Trinajstić information content (AvgIpc) is 2.63. The van der Waals surface area contributed by atoms with Crippen molar-refractivity contribution in [1.82, 2.24) is 14.6 Å². The van der Waals surface area contributed by atoms with E-state index in [9.17, 15) is 21.6 Å². The van der Waals surface area contributed by atoms with E-state index in [1.807, 2.05) is 0 Å². The van der Waals surface area contributed by atoms with Crippen LogP contribution in [0.5, 0.6) is 5.75 Å². The Hall–Kier alpha value is -1.88. The number of alkyl halides is 2. The van der Waals surface area contributed by atoms with E-state index in [0.29, 0.717) is 24.7 Å². The number of sulfonamides is 1. The molecule has 1 atom stereocenters. The van der Waals surface area contributed by atoms with Gasteiger partial charge in [-0.15, -0.1) is 12.4 Å². The molecule has 2 aromatic rings. The molecule has 148 valence electrons. The molecule has 2 heterocycles. The van der Waals surface area contributed by atoms with Gasteiger partial charge in [0, 0.05) is 32.0 Å². The van der Waals surface area contributed by atoms with E-state index in [1.165, 1.54) is 4.31 Å². The highest BCUT2D eigenvalue weighted by Crippen LogP contribution is 2.30. The largest absolute Gasteiger partial charge is 0.432 e. The van der Waals surface area contributed by atoms with Gasteiger partial charge in [0.1, 0.15) is 0 Å². The lowest BCUT2D eigenvalue weighted by Gasteiger charge is -2.35. The summed E-state index contributed by atoms with van der Waals surface area (Å²) < 4.78 is 69.7. The third kappa shape index (κ3) is 4.70. The summed E-state index contributed by atoms with van der Waals surface area (Å²) in [5.41, 5.74) is 0.696. The van der Waals surface area contributed by atoms with Crippen LogP contribution in [-0.2, 0) is 10.0 Å². The van der Waals surface area contributed by atoms with Crippen LogP contribution < -0.4 is 10.1 Å². The lowest BCUT2D eigenvalue weighted by atomic mass is 10.1. The molecular weight excluding hydrogens is 407 g/mol. The van der Waals surface area contributed by atoms with E-state index in [2.05, 4.69) is 15.0 Å². The molecule has 1 aliphatic rings. The molecule has 6 nitrogen and oxygen atoms in total. The van der Waals surface area contributed by atoms with Crippen molar-refractivity contribution < 1.29 is 26.3 Å². The number of aromatic nitrogens is 1. The van der Waals surface area contributed by atoms with Crippen molar-refractivity contribution in [3.63, 3.8) is 0 Å². The number of hydrogen-bond donors (Lipinski definition) is 1. The number of rotatable bonds is 5. The van der Waals surface area contributed by atoms with Crippen LogP contribution >= 0.6 is 12.4 Å². The predicted molar refractivity (Wildman–Crippen MR) is 94.0 cm³/mol. The Morgan fingerprint density at radius 1 is 1.30 bits per heavy atom. The number of nitrogens with one attached hydrogen (secondary N) is 1. The van der Waals surface area contributed by atoms with Crippen molar-refractivity contribution in [2.75, 3.05) is 19.6 Å². The number of nitrogens with zero attached hydrogens (tertiary/aromatic N) is 2. The molecule has 1 N–H and O–H groups in total. The number of ether oxygens (including phenoxy) is 1. The van der Waals surface area contributed by atoms with Crippen LogP contribution in [0.1, 0.15) is 11.6 Å². The summed E-state index contributed by atoms with van der Waals surface area (Å²) in [6.45, 7) is -2.21. The van der Waals surface area contributed by atoms with Crippen LogP contribution in [0.4, 0.5) is 13.2 Å². The summed E-state index contributed by atoms with van der Waals surface area (Å²) in [5.74, 6) is -1.87. The van der Waals surface area contributed by atoms with Gasteiger partial charge in [-0.05, 0) is 29.8 Å². The molecule has 0 spiro atoms. The monoisotopic (exact) mass is 423 g/mol. The number of hydrogen-bond acceptors (Lipinski definition) is 5. The van der Waals surface area contributed by atoms with Crippen molar-refractivity contribution in [2.24, 2.45) is 0 Å². The Bertz CT molecular complexity index is 872. The molecule has 0 radical (unpaired) electrons. The minimum absolute atomic E-state index is 0. The first-order chi connectivity index (χ1) is 12.4. The number of benzene rings is 1. The summed E-state index contributed by atoms with van der Waals surface area (Å²) in [5, 5.41) is 3.12. The maximum Gasteiger partial charge on any atom is 0.387 e. The minimum Gasteiger partial charge on any atom is -0.432 e. The highest BCUT2D eigenvalue weighted by Gasteiger charge is 2.35. The predicted octanol–water partition coefficient (Wildman–Crippen LogP) is 2.58. The van der Waals surface area contributed by atoms with Gasteiger partial charge >= 0.3 is 6.61 Å². The molecule has 1 aliphatic heterocycles. The van der Waals surface area contributed by atoms with E-state index in [-0.39, 0.29) is 23.8 Å². The average molecular weight is 424 g/mol. The number of halogens is 4. The van der Waals surface area contributed by atoms with Gasteiger partial charge in [0.15, 0.2) is 11.6 Å². The first-order valence-corrected chi connectivity index (χ1v) is 9.20. The van der Waals surface area contributed by atoms with Gasteiger partial charge in [-0.3, -0.25) is 4.98 Å². The summed E-state index contributed by atoms with van der Waals surface area (Å²) >= 11 is 0. The van der Waals surface area contributed by atoms with Crippen molar-refractivity contribution >= 4 is 22.4 Å². The van der Waals surface area contributed by atoms with Gasteiger partial charge in [0.05, 0.1) is 10.9 Å². The molecule has 11 heteroatoms. The van der Waals surface area contributed by atoms with Gasteiger partial charge in [0.25, 0.3) is 0 Å². The van der Waals surface area contributed by atoms with Crippen LogP contribution in [0.3, 0.4) is 0 Å². The Balaban J connectivity index is 0.00000261. The lowest BCUT2D eigenvalue weighted by Crippen LogP contribution is -2.48. The third-order valence-electron chi connectivity index (χ3n) is 3.99. The van der Waals surface area contributed by atoms with Gasteiger partial charge < -0.3 is 10.1 Å². The molecule has 1 unspecified atom stereocenters. The zero-order valence-electron chi connectivity index (χ0n) is 13.9. The summed E-state index contributed by atoms with van der Waals surface area (Å²) in [7, 11) is -4.04. The van der Waals surface area contributed by atoms with Crippen LogP contribution in [-0.4, -0.2) is 44.0 Å². The number of piperazine rings is 1.